The summed E-state index contributed by atoms with van der Waals surface area (Å²) >= 11 is 0. The maximum absolute atomic E-state index is 11.1. The van der Waals surface area contributed by atoms with E-state index in [1.807, 2.05) is 6.92 Å². The molecule has 1 aliphatic rings. The molecule has 1 aliphatic heterocycles. The highest BCUT2D eigenvalue weighted by Gasteiger charge is 2.29. The van der Waals surface area contributed by atoms with Crippen LogP contribution in [0.25, 0.3) is 0 Å². The van der Waals surface area contributed by atoms with E-state index in [1.54, 1.807) is 12.3 Å². The van der Waals surface area contributed by atoms with E-state index in [0.29, 0.717) is 18.7 Å². The SMILES string of the molecule is Cc1ccnc2c1N(C(=O)O)CC(CO)C2. The standard InChI is InChI=1S/C11H14N2O3/c1-7-2-3-12-9-4-8(6-14)5-13(10(7)9)11(15)16/h2-3,8,14H,4-6H2,1H3,(H,15,16). The molecule has 16 heavy (non-hydrogen) atoms. The minimum atomic E-state index is -0.990. The second-order valence-corrected chi connectivity index (χ2v) is 4.07. The van der Waals surface area contributed by atoms with Crippen LogP contribution in [0.1, 0.15) is 11.3 Å². The van der Waals surface area contributed by atoms with Crippen LogP contribution in [-0.4, -0.2) is 34.4 Å². The quantitative estimate of drug-likeness (QED) is 0.744. The number of carbonyl (C=O) groups is 1. The lowest BCUT2D eigenvalue weighted by Crippen LogP contribution is -2.41. The molecule has 0 spiro atoms. The van der Waals surface area contributed by atoms with Crippen molar-refractivity contribution >= 4 is 11.8 Å². The van der Waals surface area contributed by atoms with Gasteiger partial charge in [-0.05, 0) is 25.0 Å². The third kappa shape index (κ3) is 1.74. The molecule has 1 aromatic rings. The van der Waals surface area contributed by atoms with Gasteiger partial charge in [0, 0.05) is 25.3 Å². The van der Waals surface area contributed by atoms with Gasteiger partial charge in [-0.15, -0.1) is 0 Å². The average Bonchev–Trinajstić information content (AvgIpc) is 2.27. The number of aromatic nitrogens is 1. The second kappa shape index (κ2) is 4.09. The number of carboxylic acid groups (broad SMARTS) is 1. The Morgan fingerprint density at radius 1 is 1.69 bits per heavy atom. The number of pyridine rings is 1. The number of nitrogens with zero attached hydrogens (tertiary/aromatic N) is 2. The van der Waals surface area contributed by atoms with Crippen molar-refractivity contribution in [1.29, 1.82) is 0 Å². The monoisotopic (exact) mass is 222 g/mol. The van der Waals surface area contributed by atoms with Crippen molar-refractivity contribution in [1.82, 2.24) is 4.98 Å². The van der Waals surface area contributed by atoms with Crippen molar-refractivity contribution in [2.75, 3.05) is 18.1 Å². The van der Waals surface area contributed by atoms with Gasteiger partial charge >= 0.3 is 6.09 Å². The van der Waals surface area contributed by atoms with E-state index in [1.165, 1.54) is 4.90 Å². The molecule has 5 nitrogen and oxygen atoms in total. The zero-order chi connectivity index (χ0) is 11.7. The van der Waals surface area contributed by atoms with Crippen LogP contribution in [0.2, 0.25) is 0 Å². The fraction of sp³-hybridized carbons (Fsp3) is 0.455. The van der Waals surface area contributed by atoms with Gasteiger partial charge in [0.05, 0.1) is 11.4 Å². The fourth-order valence-electron chi connectivity index (χ4n) is 2.11. The predicted octanol–water partition coefficient (Wildman–Crippen LogP) is 1.04. The zero-order valence-corrected chi connectivity index (χ0v) is 9.05. The van der Waals surface area contributed by atoms with E-state index >= 15 is 0 Å². The van der Waals surface area contributed by atoms with Gasteiger partial charge in [-0.1, -0.05) is 0 Å². The molecule has 2 rings (SSSR count). The molecule has 2 heterocycles. The summed E-state index contributed by atoms with van der Waals surface area (Å²) in [6.45, 7) is 2.19. The average molecular weight is 222 g/mol. The summed E-state index contributed by atoms with van der Waals surface area (Å²) in [5, 5.41) is 18.3. The van der Waals surface area contributed by atoms with E-state index < -0.39 is 6.09 Å². The lowest BCUT2D eigenvalue weighted by molar-refractivity contribution is 0.191. The summed E-state index contributed by atoms with van der Waals surface area (Å²) in [4.78, 5) is 16.6. The van der Waals surface area contributed by atoms with Crippen LogP contribution >= 0.6 is 0 Å². The van der Waals surface area contributed by atoms with Crippen molar-refractivity contribution in [2.24, 2.45) is 5.92 Å². The lowest BCUT2D eigenvalue weighted by atomic mass is 9.95. The summed E-state index contributed by atoms with van der Waals surface area (Å²) in [6.07, 6.45) is 1.32. The first-order valence-corrected chi connectivity index (χ1v) is 5.19. The Kier molecular flexibility index (Phi) is 2.78. The molecule has 2 N–H and O–H groups in total. The molecule has 0 radical (unpaired) electrons. The number of rotatable bonds is 1. The zero-order valence-electron chi connectivity index (χ0n) is 9.05. The van der Waals surface area contributed by atoms with Crippen LogP contribution in [0.5, 0.6) is 0 Å². The van der Waals surface area contributed by atoms with E-state index in [9.17, 15) is 4.79 Å². The van der Waals surface area contributed by atoms with Gasteiger partial charge in [0.15, 0.2) is 0 Å². The first kappa shape index (κ1) is 10.9. The Balaban J connectivity index is 2.47. The topological polar surface area (TPSA) is 73.7 Å². The van der Waals surface area contributed by atoms with Gasteiger partial charge in [0.1, 0.15) is 0 Å². The van der Waals surface area contributed by atoms with Gasteiger partial charge in [-0.2, -0.15) is 0 Å². The largest absolute Gasteiger partial charge is 0.465 e. The summed E-state index contributed by atoms with van der Waals surface area (Å²) in [6, 6.07) is 1.80. The minimum Gasteiger partial charge on any atom is -0.465 e. The normalized spacial score (nSPS) is 19.4. The highest BCUT2D eigenvalue weighted by atomic mass is 16.4. The summed E-state index contributed by atoms with van der Waals surface area (Å²) in [5.41, 5.74) is 2.34. The van der Waals surface area contributed by atoms with E-state index in [2.05, 4.69) is 4.98 Å². The smallest absolute Gasteiger partial charge is 0.411 e. The predicted molar refractivity (Wildman–Crippen MR) is 58.6 cm³/mol. The summed E-state index contributed by atoms with van der Waals surface area (Å²) in [7, 11) is 0. The maximum atomic E-state index is 11.1. The number of anilines is 1. The van der Waals surface area contributed by atoms with Crippen molar-refractivity contribution < 1.29 is 15.0 Å². The molecule has 0 saturated heterocycles. The molecule has 1 amide bonds. The maximum Gasteiger partial charge on any atom is 0.411 e. The Bertz CT molecular complexity index is 420. The van der Waals surface area contributed by atoms with Gasteiger partial charge in [0.25, 0.3) is 0 Å². The van der Waals surface area contributed by atoms with E-state index in [4.69, 9.17) is 10.2 Å². The summed E-state index contributed by atoms with van der Waals surface area (Å²) in [5.74, 6) is -0.0575. The van der Waals surface area contributed by atoms with Crippen molar-refractivity contribution in [3.05, 3.63) is 23.5 Å². The molecule has 0 fully saturated rings. The van der Waals surface area contributed by atoms with Crippen LogP contribution in [0.3, 0.4) is 0 Å². The molecule has 1 aromatic heterocycles. The first-order valence-electron chi connectivity index (χ1n) is 5.19. The fourth-order valence-corrected chi connectivity index (χ4v) is 2.11. The van der Waals surface area contributed by atoms with Crippen LogP contribution in [0.4, 0.5) is 10.5 Å². The molecule has 0 bridgehead atoms. The number of fused-ring (bicyclic) bond motifs is 1. The second-order valence-electron chi connectivity index (χ2n) is 4.07. The number of aliphatic hydroxyl groups excluding tert-OH is 1. The number of aryl methyl sites for hydroxylation is 1. The Morgan fingerprint density at radius 2 is 2.44 bits per heavy atom. The molecule has 0 aromatic carbocycles. The summed E-state index contributed by atoms with van der Waals surface area (Å²) < 4.78 is 0. The van der Waals surface area contributed by atoms with Crippen molar-refractivity contribution in [3.8, 4) is 0 Å². The minimum absolute atomic E-state index is 0.0150. The molecular weight excluding hydrogens is 208 g/mol. The number of hydrogen-bond acceptors (Lipinski definition) is 3. The van der Waals surface area contributed by atoms with Crippen molar-refractivity contribution in [2.45, 2.75) is 13.3 Å². The number of amides is 1. The van der Waals surface area contributed by atoms with Gasteiger partial charge in [-0.25, -0.2) is 4.79 Å². The first-order chi connectivity index (χ1) is 7.63. The van der Waals surface area contributed by atoms with E-state index in [0.717, 1.165) is 11.3 Å². The highest BCUT2D eigenvalue weighted by molar-refractivity contribution is 5.88. The molecule has 1 atom stereocenters. The Labute approximate surface area is 93.3 Å². The number of aliphatic hydroxyl groups is 1. The lowest BCUT2D eigenvalue weighted by Gasteiger charge is -2.32. The van der Waals surface area contributed by atoms with Gasteiger partial charge in [-0.3, -0.25) is 9.88 Å². The van der Waals surface area contributed by atoms with Crippen molar-refractivity contribution in [3.63, 3.8) is 0 Å². The van der Waals surface area contributed by atoms with Crippen LogP contribution in [-0.2, 0) is 6.42 Å². The van der Waals surface area contributed by atoms with E-state index in [-0.39, 0.29) is 12.5 Å². The number of hydrogen-bond donors (Lipinski definition) is 2. The Hall–Kier alpha value is -1.62. The third-order valence-corrected chi connectivity index (χ3v) is 2.88. The molecule has 86 valence electrons. The van der Waals surface area contributed by atoms with Gasteiger partial charge < -0.3 is 10.2 Å². The highest BCUT2D eigenvalue weighted by Crippen LogP contribution is 2.30. The van der Waals surface area contributed by atoms with Gasteiger partial charge in [0.2, 0.25) is 0 Å². The Morgan fingerprint density at radius 3 is 3.06 bits per heavy atom. The van der Waals surface area contributed by atoms with Crippen LogP contribution in [0, 0.1) is 12.8 Å². The van der Waals surface area contributed by atoms with Crippen LogP contribution < -0.4 is 4.90 Å². The molecule has 5 heteroatoms. The molecule has 0 saturated carbocycles. The molecule has 0 aliphatic carbocycles. The van der Waals surface area contributed by atoms with Crippen LogP contribution in [0.15, 0.2) is 12.3 Å². The third-order valence-electron chi connectivity index (χ3n) is 2.88. The molecule has 1 unspecified atom stereocenters. The molecular formula is C11H14N2O3.